The number of carbonyl (C=O) groups is 1. The molecular weight excluding hydrogens is 338 g/mol. The maximum Gasteiger partial charge on any atom is 0.246 e. The molecule has 0 fully saturated rings. The van der Waals surface area contributed by atoms with E-state index in [4.69, 9.17) is 0 Å². The quantitative estimate of drug-likeness (QED) is 0.708. The van der Waals surface area contributed by atoms with Gasteiger partial charge in [-0.3, -0.25) is 4.79 Å². The molecule has 2 rings (SSSR count). The summed E-state index contributed by atoms with van der Waals surface area (Å²) in [5.41, 5.74) is 1.39. The number of sulfonamides is 1. The van der Waals surface area contributed by atoms with Crippen molar-refractivity contribution in [2.75, 3.05) is 10.6 Å². The van der Waals surface area contributed by atoms with Crippen LogP contribution in [-0.4, -0.2) is 26.4 Å². The zero-order chi connectivity index (χ0) is 18.4. The molecule has 0 spiro atoms. The van der Waals surface area contributed by atoms with Crippen molar-refractivity contribution in [2.45, 2.75) is 37.8 Å². The lowest BCUT2D eigenvalue weighted by Gasteiger charge is -2.15. The second kappa shape index (κ2) is 8.13. The fourth-order valence-corrected chi connectivity index (χ4v) is 3.45. The monoisotopic (exact) mass is 361 g/mol. The molecule has 6 nitrogen and oxygen atoms in total. The number of para-hydroxylation sites is 1. The molecule has 25 heavy (non-hydrogen) atoms. The highest BCUT2D eigenvalue weighted by Crippen LogP contribution is 2.15. The smallest absolute Gasteiger partial charge is 0.246 e. The number of nitrogens with one attached hydrogen (secondary N) is 3. The van der Waals surface area contributed by atoms with Crippen molar-refractivity contribution < 1.29 is 13.2 Å². The molecule has 7 heteroatoms. The zero-order valence-corrected chi connectivity index (χ0v) is 15.3. The fraction of sp³-hybridized carbons (Fsp3) is 0.278. The number of benzene rings is 2. The van der Waals surface area contributed by atoms with Gasteiger partial charge in [-0.15, -0.1) is 0 Å². The molecule has 1 atom stereocenters. The summed E-state index contributed by atoms with van der Waals surface area (Å²) in [4.78, 5) is 12.4. The van der Waals surface area contributed by atoms with Crippen molar-refractivity contribution in [1.82, 2.24) is 4.72 Å². The first-order valence-corrected chi connectivity index (χ1v) is 9.51. The minimum absolute atomic E-state index is 0.162. The van der Waals surface area contributed by atoms with E-state index >= 15 is 0 Å². The Kier molecular flexibility index (Phi) is 6.17. The first-order chi connectivity index (χ1) is 11.8. The fourth-order valence-electron chi connectivity index (χ4n) is 2.20. The van der Waals surface area contributed by atoms with Gasteiger partial charge in [0.25, 0.3) is 0 Å². The van der Waals surface area contributed by atoms with Crippen LogP contribution in [0, 0.1) is 0 Å². The van der Waals surface area contributed by atoms with E-state index in [0.717, 1.165) is 5.69 Å². The lowest BCUT2D eigenvalue weighted by atomic mass is 10.2. The van der Waals surface area contributed by atoms with Gasteiger partial charge in [0.2, 0.25) is 15.9 Å². The Morgan fingerprint density at radius 3 is 2.04 bits per heavy atom. The number of hydrogen-bond acceptors (Lipinski definition) is 4. The van der Waals surface area contributed by atoms with Crippen molar-refractivity contribution >= 4 is 27.3 Å². The maximum atomic E-state index is 12.2. The van der Waals surface area contributed by atoms with Crippen LogP contribution in [0.15, 0.2) is 59.5 Å². The molecule has 0 aromatic heterocycles. The van der Waals surface area contributed by atoms with Crippen LogP contribution in [-0.2, 0) is 14.8 Å². The van der Waals surface area contributed by atoms with E-state index in [0.29, 0.717) is 5.69 Å². The molecular formula is C18H23N3O3S. The van der Waals surface area contributed by atoms with Gasteiger partial charge < -0.3 is 10.6 Å². The largest absolute Gasteiger partial charge is 0.374 e. The van der Waals surface area contributed by atoms with E-state index in [-0.39, 0.29) is 16.8 Å². The third-order valence-corrected chi connectivity index (χ3v) is 5.05. The zero-order valence-electron chi connectivity index (χ0n) is 14.5. The summed E-state index contributed by atoms with van der Waals surface area (Å²) in [7, 11) is -3.54. The Labute approximate surface area is 148 Å². The molecule has 3 N–H and O–H groups in total. The van der Waals surface area contributed by atoms with Crippen LogP contribution < -0.4 is 15.4 Å². The molecule has 134 valence electrons. The predicted molar refractivity (Wildman–Crippen MR) is 100 cm³/mol. The van der Waals surface area contributed by atoms with E-state index < -0.39 is 16.1 Å². The molecule has 2 aromatic carbocycles. The van der Waals surface area contributed by atoms with Crippen LogP contribution in [0.2, 0.25) is 0 Å². The van der Waals surface area contributed by atoms with Crippen LogP contribution in [0.3, 0.4) is 0 Å². The Balaban J connectivity index is 1.99. The van der Waals surface area contributed by atoms with Crippen molar-refractivity contribution in [3.8, 4) is 0 Å². The average Bonchev–Trinajstić information content (AvgIpc) is 2.55. The summed E-state index contributed by atoms with van der Waals surface area (Å²) in [6.45, 7) is 5.27. The van der Waals surface area contributed by atoms with Crippen LogP contribution in [0.25, 0.3) is 0 Å². The molecule has 1 amide bonds. The van der Waals surface area contributed by atoms with E-state index in [9.17, 15) is 13.2 Å². The van der Waals surface area contributed by atoms with E-state index in [1.165, 1.54) is 12.1 Å². The van der Waals surface area contributed by atoms with Gasteiger partial charge in [-0.25, -0.2) is 13.1 Å². The van der Waals surface area contributed by atoms with Gasteiger partial charge in [-0.1, -0.05) is 18.2 Å². The predicted octanol–water partition coefficient (Wildman–Crippen LogP) is 2.81. The van der Waals surface area contributed by atoms with Crippen LogP contribution in [0.5, 0.6) is 0 Å². The van der Waals surface area contributed by atoms with Crippen molar-refractivity contribution in [1.29, 1.82) is 0 Å². The molecule has 0 saturated heterocycles. The Morgan fingerprint density at radius 2 is 1.48 bits per heavy atom. The Bertz CT molecular complexity index is 803. The normalized spacial score (nSPS) is 12.6. The van der Waals surface area contributed by atoms with Crippen LogP contribution in [0.4, 0.5) is 11.4 Å². The van der Waals surface area contributed by atoms with Crippen LogP contribution in [0.1, 0.15) is 20.8 Å². The molecule has 0 bridgehead atoms. The molecule has 0 aliphatic carbocycles. The highest BCUT2D eigenvalue weighted by Gasteiger charge is 2.16. The van der Waals surface area contributed by atoms with E-state index in [1.54, 1.807) is 32.9 Å². The number of hydrogen-bond donors (Lipinski definition) is 3. The third-order valence-electron chi connectivity index (χ3n) is 3.37. The SMILES string of the molecule is CC(C)NS(=O)(=O)c1ccc(NC(=O)[C@@H](C)Nc2ccccc2)cc1. The summed E-state index contributed by atoms with van der Waals surface area (Å²) >= 11 is 0. The lowest BCUT2D eigenvalue weighted by molar-refractivity contribution is -0.116. The minimum atomic E-state index is -3.54. The molecule has 0 unspecified atom stereocenters. The summed E-state index contributed by atoms with van der Waals surface area (Å²) in [6.07, 6.45) is 0. The van der Waals surface area contributed by atoms with Gasteiger partial charge >= 0.3 is 0 Å². The summed E-state index contributed by atoms with van der Waals surface area (Å²) < 4.78 is 26.7. The van der Waals surface area contributed by atoms with Gasteiger partial charge in [0.1, 0.15) is 6.04 Å². The highest BCUT2D eigenvalue weighted by molar-refractivity contribution is 7.89. The van der Waals surface area contributed by atoms with E-state index in [1.807, 2.05) is 30.3 Å². The van der Waals surface area contributed by atoms with Crippen molar-refractivity contribution in [3.63, 3.8) is 0 Å². The average molecular weight is 361 g/mol. The summed E-state index contributed by atoms with van der Waals surface area (Å²) in [5.74, 6) is -0.209. The van der Waals surface area contributed by atoms with Gasteiger partial charge in [-0.2, -0.15) is 0 Å². The van der Waals surface area contributed by atoms with Crippen LogP contribution >= 0.6 is 0 Å². The van der Waals surface area contributed by atoms with Gasteiger partial charge in [0.15, 0.2) is 0 Å². The van der Waals surface area contributed by atoms with Crippen molar-refractivity contribution in [3.05, 3.63) is 54.6 Å². The van der Waals surface area contributed by atoms with E-state index in [2.05, 4.69) is 15.4 Å². The lowest BCUT2D eigenvalue weighted by Crippen LogP contribution is -2.32. The summed E-state index contributed by atoms with van der Waals surface area (Å²) in [5, 5.41) is 5.87. The van der Waals surface area contributed by atoms with Crippen molar-refractivity contribution in [2.24, 2.45) is 0 Å². The number of anilines is 2. The third kappa shape index (κ3) is 5.58. The molecule has 0 heterocycles. The second-order valence-corrected chi connectivity index (χ2v) is 7.74. The number of rotatable bonds is 7. The van der Waals surface area contributed by atoms with Gasteiger partial charge in [-0.05, 0) is 57.2 Å². The van der Waals surface area contributed by atoms with Gasteiger partial charge in [0.05, 0.1) is 4.90 Å². The number of amides is 1. The molecule has 0 aliphatic heterocycles. The number of carbonyl (C=O) groups excluding carboxylic acids is 1. The minimum Gasteiger partial charge on any atom is -0.374 e. The van der Waals surface area contributed by atoms with Gasteiger partial charge in [0, 0.05) is 17.4 Å². The Morgan fingerprint density at radius 1 is 0.880 bits per heavy atom. The first-order valence-electron chi connectivity index (χ1n) is 8.03. The molecule has 0 saturated carbocycles. The molecule has 0 radical (unpaired) electrons. The molecule has 0 aliphatic rings. The standard InChI is InChI=1S/C18H23N3O3S/c1-13(2)21-25(23,24)17-11-9-16(10-12-17)20-18(22)14(3)19-15-7-5-4-6-8-15/h4-14,19,21H,1-3H3,(H,20,22)/t14-/m1/s1. The topological polar surface area (TPSA) is 87.3 Å². The Hall–Kier alpha value is -2.38. The highest BCUT2D eigenvalue weighted by atomic mass is 32.2. The summed E-state index contributed by atoms with van der Waals surface area (Å²) in [6, 6.07) is 14.9. The first kappa shape index (κ1) is 19.0. The molecule has 2 aromatic rings. The second-order valence-electron chi connectivity index (χ2n) is 6.02. The maximum absolute atomic E-state index is 12.2.